The summed E-state index contributed by atoms with van der Waals surface area (Å²) in [5.41, 5.74) is 3.89. The Balaban J connectivity index is 1.61. The molecule has 0 aliphatic carbocycles. The number of para-hydroxylation sites is 1. The van der Waals surface area contributed by atoms with E-state index < -0.39 is 0 Å². The molecule has 0 radical (unpaired) electrons. The summed E-state index contributed by atoms with van der Waals surface area (Å²) in [4.78, 5) is 5.91. The van der Waals surface area contributed by atoms with E-state index in [2.05, 4.69) is 23.6 Å². The first kappa shape index (κ1) is 20.4. The normalized spacial score (nSPS) is 16.5. The van der Waals surface area contributed by atoms with E-state index in [1.165, 1.54) is 11.3 Å². The van der Waals surface area contributed by atoms with Gasteiger partial charge in [-0.25, -0.2) is 4.99 Å². The quantitative estimate of drug-likeness (QED) is 0.295. The molecule has 5 nitrogen and oxygen atoms in total. The van der Waals surface area contributed by atoms with Crippen molar-refractivity contribution < 1.29 is 4.74 Å². The number of hydrazone groups is 1. The number of amidine groups is 1. The minimum absolute atomic E-state index is 0.345. The van der Waals surface area contributed by atoms with Gasteiger partial charge >= 0.3 is 6.02 Å². The monoisotopic (exact) mass is 488 g/mol. The molecule has 3 aromatic carbocycles. The van der Waals surface area contributed by atoms with Gasteiger partial charge in [-0.05, 0) is 49.0 Å². The lowest BCUT2D eigenvalue weighted by atomic mass is 10.0. The van der Waals surface area contributed by atoms with Gasteiger partial charge in [0.2, 0.25) is 5.90 Å². The molecule has 0 bridgehead atoms. The number of aryl methyl sites for hydroxylation is 1. The van der Waals surface area contributed by atoms with Crippen molar-refractivity contribution in [1.82, 2.24) is 4.57 Å². The molecule has 8 heteroatoms. The number of ether oxygens (including phenoxy) is 1. The van der Waals surface area contributed by atoms with Crippen molar-refractivity contribution in [3.05, 3.63) is 109 Å². The van der Waals surface area contributed by atoms with Gasteiger partial charge in [-0.15, -0.1) is 16.4 Å². The third-order valence-electron chi connectivity index (χ3n) is 5.64. The third kappa shape index (κ3) is 3.31. The van der Waals surface area contributed by atoms with Crippen LogP contribution in [0.5, 0.6) is 0 Å². The number of rotatable bonds is 3. The number of aromatic nitrogens is 1. The van der Waals surface area contributed by atoms with Crippen LogP contribution in [-0.2, 0) is 4.74 Å². The summed E-state index contributed by atoms with van der Waals surface area (Å²) >= 11 is 14.0. The first-order chi connectivity index (χ1) is 16.1. The summed E-state index contributed by atoms with van der Waals surface area (Å²) < 4.78 is 8.94. The molecular weight excluding hydrogens is 472 g/mol. The van der Waals surface area contributed by atoms with Gasteiger partial charge in [0.05, 0.1) is 10.6 Å². The van der Waals surface area contributed by atoms with E-state index in [0.29, 0.717) is 20.9 Å². The van der Waals surface area contributed by atoms with Crippen molar-refractivity contribution in [2.24, 2.45) is 10.1 Å². The average Bonchev–Trinajstić information content (AvgIpc) is 3.41. The molecule has 0 N–H and O–H groups in total. The Morgan fingerprint density at radius 2 is 1.70 bits per heavy atom. The van der Waals surface area contributed by atoms with Gasteiger partial charge in [0.1, 0.15) is 6.04 Å². The predicted molar refractivity (Wildman–Crippen MR) is 136 cm³/mol. The number of thiazole rings is 1. The van der Waals surface area contributed by atoms with Crippen LogP contribution in [0, 0.1) is 10.9 Å². The Kier molecular flexibility index (Phi) is 4.90. The molecule has 1 unspecified atom stereocenters. The smallest absolute Gasteiger partial charge is 0.322 e. The molecule has 3 heterocycles. The van der Waals surface area contributed by atoms with Crippen LogP contribution in [0.3, 0.4) is 0 Å². The molecule has 1 atom stereocenters. The van der Waals surface area contributed by atoms with Gasteiger partial charge in [-0.1, -0.05) is 66.2 Å². The first-order valence-electron chi connectivity index (χ1n) is 10.4. The van der Waals surface area contributed by atoms with Gasteiger partial charge in [0.15, 0.2) is 9.77 Å². The molecule has 162 valence electrons. The minimum Gasteiger partial charge on any atom is -0.403 e. The van der Waals surface area contributed by atoms with Gasteiger partial charge in [0.25, 0.3) is 0 Å². The lowest BCUT2D eigenvalue weighted by molar-refractivity contribution is 0.545. The summed E-state index contributed by atoms with van der Waals surface area (Å²) in [5.74, 6) is 1.33. The SMILES string of the molecule is Cc1ccccc1-n1c2c(sc1=S)C(c1ccccc1Cl)N=C1OC(c3ccccc3)=NN12. The second-order valence-corrected chi connectivity index (χ2v) is 9.78. The highest BCUT2D eigenvalue weighted by molar-refractivity contribution is 7.73. The maximum Gasteiger partial charge on any atom is 0.322 e. The van der Waals surface area contributed by atoms with Gasteiger partial charge in [-0.3, -0.25) is 4.57 Å². The summed E-state index contributed by atoms with van der Waals surface area (Å²) in [6.07, 6.45) is 0. The number of benzene rings is 3. The van der Waals surface area contributed by atoms with Crippen LogP contribution in [0.15, 0.2) is 89.0 Å². The van der Waals surface area contributed by atoms with Crippen molar-refractivity contribution in [2.75, 3.05) is 5.01 Å². The zero-order valence-corrected chi connectivity index (χ0v) is 19.9. The molecule has 1 aromatic heterocycles. The average molecular weight is 489 g/mol. The Hall–Kier alpha value is -3.26. The van der Waals surface area contributed by atoms with Crippen molar-refractivity contribution in [1.29, 1.82) is 0 Å². The first-order valence-corrected chi connectivity index (χ1v) is 12.0. The molecule has 0 saturated heterocycles. The van der Waals surface area contributed by atoms with Crippen LogP contribution >= 0.6 is 35.2 Å². The number of aliphatic imine (C=N–C) groups is 1. The molecule has 2 aliphatic heterocycles. The summed E-state index contributed by atoms with van der Waals surface area (Å²) in [5, 5.41) is 7.21. The zero-order valence-electron chi connectivity index (χ0n) is 17.5. The van der Waals surface area contributed by atoms with Crippen LogP contribution in [0.25, 0.3) is 5.69 Å². The second-order valence-electron chi connectivity index (χ2n) is 7.70. The fourth-order valence-electron chi connectivity index (χ4n) is 4.06. The molecule has 0 amide bonds. The number of halogens is 1. The molecule has 2 aliphatic rings. The minimum atomic E-state index is -0.345. The van der Waals surface area contributed by atoms with E-state index in [1.54, 1.807) is 5.01 Å². The van der Waals surface area contributed by atoms with E-state index in [4.69, 9.17) is 38.6 Å². The largest absolute Gasteiger partial charge is 0.403 e. The number of anilines is 1. The lowest BCUT2D eigenvalue weighted by Crippen LogP contribution is -2.30. The van der Waals surface area contributed by atoms with Gasteiger partial charge in [0, 0.05) is 16.1 Å². The highest BCUT2D eigenvalue weighted by atomic mass is 35.5. The summed E-state index contributed by atoms with van der Waals surface area (Å²) in [7, 11) is 0. The van der Waals surface area contributed by atoms with Crippen LogP contribution in [0.4, 0.5) is 5.82 Å². The van der Waals surface area contributed by atoms with E-state index in [9.17, 15) is 0 Å². The Morgan fingerprint density at radius 3 is 2.48 bits per heavy atom. The Bertz CT molecular complexity index is 1510. The number of hydrogen-bond donors (Lipinski definition) is 0. The van der Waals surface area contributed by atoms with Crippen LogP contribution < -0.4 is 5.01 Å². The molecule has 4 aromatic rings. The molecular formula is C25H17ClN4OS2. The maximum atomic E-state index is 6.60. The molecule has 0 saturated carbocycles. The molecule has 6 rings (SSSR count). The fraction of sp³-hybridized carbons (Fsp3) is 0.0800. The topological polar surface area (TPSA) is 42.1 Å². The van der Waals surface area contributed by atoms with Crippen LogP contribution in [0.1, 0.15) is 27.6 Å². The molecule has 33 heavy (non-hydrogen) atoms. The van der Waals surface area contributed by atoms with Gasteiger partial charge < -0.3 is 4.74 Å². The maximum absolute atomic E-state index is 6.60. The van der Waals surface area contributed by atoms with Crippen molar-refractivity contribution in [3.63, 3.8) is 0 Å². The summed E-state index contributed by atoms with van der Waals surface area (Å²) in [6, 6.07) is 25.8. The predicted octanol–water partition coefficient (Wildman–Crippen LogP) is 6.89. The lowest BCUT2D eigenvalue weighted by Gasteiger charge is -2.25. The van der Waals surface area contributed by atoms with E-state index in [0.717, 1.165) is 33.1 Å². The zero-order chi connectivity index (χ0) is 22.5. The van der Waals surface area contributed by atoms with E-state index in [-0.39, 0.29) is 6.04 Å². The summed E-state index contributed by atoms with van der Waals surface area (Å²) in [6.45, 7) is 2.07. The number of nitrogens with zero attached hydrogens (tertiary/aromatic N) is 4. The van der Waals surface area contributed by atoms with Crippen LogP contribution in [0.2, 0.25) is 5.02 Å². The Morgan fingerprint density at radius 1 is 0.970 bits per heavy atom. The number of hydrogen-bond acceptors (Lipinski definition) is 6. The standard InChI is InChI=1S/C25H17ClN4OS2/c1-15-9-5-8-14-19(15)29-23-21(33-25(29)32)20(17-12-6-7-13-18(17)26)27-24-30(23)28-22(31-24)16-10-3-2-4-11-16/h2-14,20H,1H3. The van der Waals surface area contributed by atoms with Gasteiger partial charge in [-0.2, -0.15) is 5.01 Å². The highest BCUT2D eigenvalue weighted by Gasteiger charge is 2.40. The third-order valence-corrected chi connectivity index (χ3v) is 7.40. The second kappa shape index (κ2) is 7.95. The highest BCUT2D eigenvalue weighted by Crippen LogP contribution is 2.46. The Labute approximate surface area is 204 Å². The fourth-order valence-corrected chi connectivity index (χ4v) is 5.78. The van der Waals surface area contributed by atoms with E-state index >= 15 is 0 Å². The molecule has 0 fully saturated rings. The number of fused-ring (bicyclic) bond motifs is 3. The van der Waals surface area contributed by atoms with E-state index in [1.807, 2.05) is 66.7 Å². The van der Waals surface area contributed by atoms with Crippen molar-refractivity contribution in [3.8, 4) is 5.69 Å². The van der Waals surface area contributed by atoms with Crippen molar-refractivity contribution >= 4 is 52.9 Å². The van der Waals surface area contributed by atoms with Crippen molar-refractivity contribution in [2.45, 2.75) is 13.0 Å². The van der Waals surface area contributed by atoms with Crippen LogP contribution in [-0.4, -0.2) is 16.5 Å². The molecule has 0 spiro atoms.